The third-order valence-corrected chi connectivity index (χ3v) is 4.00. The predicted octanol–water partition coefficient (Wildman–Crippen LogP) is 3.40. The minimum absolute atomic E-state index is 0.240. The molecule has 2 heterocycles. The molecule has 0 fully saturated rings. The highest BCUT2D eigenvalue weighted by Crippen LogP contribution is 2.20. The average molecular weight is 335 g/mol. The van der Waals surface area contributed by atoms with Gasteiger partial charge in [-0.1, -0.05) is 6.07 Å². The molecular weight excluding hydrogens is 322 g/mol. The number of pyridine rings is 1. The van der Waals surface area contributed by atoms with Crippen molar-refractivity contribution in [1.82, 2.24) is 14.8 Å². The van der Waals surface area contributed by atoms with Gasteiger partial charge in [-0.3, -0.25) is 4.79 Å². The minimum Gasteiger partial charge on any atom is -0.322 e. The lowest BCUT2D eigenvalue weighted by Crippen LogP contribution is -2.13. The summed E-state index contributed by atoms with van der Waals surface area (Å²) >= 11 is 1.08. The maximum Gasteiger partial charge on any atom is 0.259 e. The number of thioether (sulfide) groups is 1. The highest BCUT2D eigenvalue weighted by molar-refractivity contribution is 8.03. The quantitative estimate of drug-likeness (QED) is 0.583. The second-order valence-corrected chi connectivity index (χ2v) is 5.77. The van der Waals surface area contributed by atoms with Crippen molar-refractivity contribution in [1.29, 1.82) is 5.26 Å². The van der Waals surface area contributed by atoms with Gasteiger partial charge >= 0.3 is 0 Å². The fourth-order valence-electron chi connectivity index (χ4n) is 2.20. The summed E-state index contributed by atoms with van der Waals surface area (Å²) in [5.74, 6) is 0.419. The molecule has 3 aromatic rings. The molecule has 1 amide bonds. The van der Waals surface area contributed by atoms with Gasteiger partial charge in [0, 0.05) is 16.8 Å². The van der Waals surface area contributed by atoms with E-state index in [2.05, 4.69) is 15.4 Å². The maximum absolute atomic E-state index is 12.4. The van der Waals surface area contributed by atoms with Crippen molar-refractivity contribution < 1.29 is 4.79 Å². The molecule has 24 heavy (non-hydrogen) atoms. The molecule has 1 aromatic carbocycles. The smallest absolute Gasteiger partial charge is 0.259 e. The molecule has 0 radical (unpaired) electrons. The van der Waals surface area contributed by atoms with E-state index < -0.39 is 0 Å². The molecule has 0 saturated carbocycles. The minimum atomic E-state index is -0.240. The fraction of sp³-hybridized carbons (Fsp3) is 0.0588. The number of rotatable bonds is 4. The van der Waals surface area contributed by atoms with Crippen molar-refractivity contribution >= 4 is 23.4 Å². The summed E-state index contributed by atoms with van der Waals surface area (Å²) in [6.07, 6.45) is 3.20. The first-order valence-corrected chi connectivity index (χ1v) is 7.94. The molecule has 0 saturated heterocycles. The molecule has 1 N–H and O–H groups in total. The molecule has 0 aliphatic carbocycles. The van der Waals surface area contributed by atoms with E-state index in [4.69, 9.17) is 5.26 Å². The standard InChI is InChI=1S/C17H13N5OS/c1-12-15(10-20-22(12)16-4-2-3-9-19-16)17(23)21-13-5-7-14(8-6-13)24-11-18/h2-10H,1H3,(H,21,23). The fourth-order valence-corrected chi connectivity index (χ4v) is 2.58. The number of hydrogen-bond acceptors (Lipinski definition) is 5. The first kappa shape index (κ1) is 15.8. The Morgan fingerprint density at radius 2 is 2.04 bits per heavy atom. The van der Waals surface area contributed by atoms with Crippen LogP contribution in [0.1, 0.15) is 16.1 Å². The van der Waals surface area contributed by atoms with Gasteiger partial charge in [-0.25, -0.2) is 9.67 Å². The molecule has 0 unspecified atom stereocenters. The van der Waals surface area contributed by atoms with Gasteiger partial charge in [0.2, 0.25) is 0 Å². The maximum atomic E-state index is 12.4. The van der Waals surface area contributed by atoms with Crippen molar-refractivity contribution in [2.24, 2.45) is 0 Å². The third-order valence-electron chi connectivity index (χ3n) is 3.40. The third kappa shape index (κ3) is 3.29. The molecule has 0 aliphatic rings. The van der Waals surface area contributed by atoms with Crippen molar-refractivity contribution in [2.75, 3.05) is 5.32 Å². The van der Waals surface area contributed by atoms with Gasteiger partial charge in [0.15, 0.2) is 5.82 Å². The van der Waals surface area contributed by atoms with Crippen LogP contribution < -0.4 is 5.32 Å². The van der Waals surface area contributed by atoms with Gasteiger partial charge in [-0.05, 0) is 55.1 Å². The van der Waals surface area contributed by atoms with Crippen LogP contribution in [-0.4, -0.2) is 20.7 Å². The summed E-state index contributed by atoms with van der Waals surface area (Å²) in [5.41, 5.74) is 1.85. The Morgan fingerprint density at radius 1 is 1.25 bits per heavy atom. The first-order valence-electron chi connectivity index (χ1n) is 7.12. The number of nitrogens with one attached hydrogen (secondary N) is 1. The van der Waals surface area contributed by atoms with E-state index in [1.54, 1.807) is 35.1 Å². The number of nitriles is 1. The van der Waals surface area contributed by atoms with Crippen LogP contribution in [0.15, 0.2) is 59.8 Å². The number of anilines is 1. The highest BCUT2D eigenvalue weighted by Gasteiger charge is 2.15. The van der Waals surface area contributed by atoms with Gasteiger partial charge in [0.1, 0.15) is 5.40 Å². The zero-order valence-electron chi connectivity index (χ0n) is 12.8. The lowest BCUT2D eigenvalue weighted by molar-refractivity contribution is 0.102. The van der Waals surface area contributed by atoms with Crippen molar-refractivity contribution in [2.45, 2.75) is 11.8 Å². The Hall–Kier alpha value is -3.11. The number of hydrogen-bond donors (Lipinski definition) is 1. The number of amides is 1. The van der Waals surface area contributed by atoms with E-state index in [1.807, 2.05) is 30.5 Å². The first-order chi connectivity index (χ1) is 11.7. The largest absolute Gasteiger partial charge is 0.322 e. The molecule has 3 rings (SSSR count). The van der Waals surface area contributed by atoms with Crippen molar-refractivity contribution in [3.8, 4) is 11.2 Å². The molecule has 0 atom stereocenters. The van der Waals surface area contributed by atoms with Crippen molar-refractivity contribution in [3.05, 3.63) is 66.1 Å². The molecule has 7 heteroatoms. The topological polar surface area (TPSA) is 83.6 Å². The Morgan fingerprint density at radius 3 is 2.71 bits per heavy atom. The van der Waals surface area contributed by atoms with Crippen molar-refractivity contribution in [3.63, 3.8) is 0 Å². The summed E-state index contributed by atoms with van der Waals surface area (Å²) in [5, 5.41) is 17.7. The van der Waals surface area contributed by atoms with Crippen LogP contribution >= 0.6 is 11.8 Å². The summed E-state index contributed by atoms with van der Waals surface area (Å²) in [6.45, 7) is 1.82. The van der Waals surface area contributed by atoms with E-state index in [0.717, 1.165) is 16.7 Å². The average Bonchev–Trinajstić information content (AvgIpc) is 2.99. The highest BCUT2D eigenvalue weighted by atomic mass is 32.2. The van der Waals surface area contributed by atoms with Gasteiger partial charge in [0.25, 0.3) is 5.91 Å². The number of benzene rings is 1. The molecular formula is C17H13N5OS. The van der Waals surface area contributed by atoms with Gasteiger partial charge in [0.05, 0.1) is 17.5 Å². The number of nitrogens with zero attached hydrogens (tertiary/aromatic N) is 4. The van der Waals surface area contributed by atoms with Crippen LogP contribution in [0.4, 0.5) is 5.69 Å². The zero-order valence-corrected chi connectivity index (χ0v) is 13.6. The second-order valence-electron chi connectivity index (χ2n) is 4.92. The summed E-state index contributed by atoms with van der Waals surface area (Å²) < 4.78 is 1.63. The Labute approximate surface area is 143 Å². The van der Waals surface area contributed by atoms with E-state index >= 15 is 0 Å². The van der Waals surface area contributed by atoms with Crippen LogP contribution in [0, 0.1) is 17.6 Å². The molecule has 118 valence electrons. The van der Waals surface area contributed by atoms with Gasteiger partial charge in [-0.2, -0.15) is 10.4 Å². The van der Waals surface area contributed by atoms with E-state index in [0.29, 0.717) is 22.8 Å². The van der Waals surface area contributed by atoms with Crippen LogP contribution in [0.25, 0.3) is 5.82 Å². The van der Waals surface area contributed by atoms with Crippen LogP contribution in [0.5, 0.6) is 0 Å². The predicted molar refractivity (Wildman–Crippen MR) is 92.0 cm³/mol. The lowest BCUT2D eigenvalue weighted by atomic mass is 10.2. The van der Waals surface area contributed by atoms with E-state index in [9.17, 15) is 4.79 Å². The number of carbonyl (C=O) groups excluding carboxylic acids is 1. The molecule has 6 nitrogen and oxygen atoms in total. The number of aromatic nitrogens is 3. The zero-order chi connectivity index (χ0) is 16.9. The monoisotopic (exact) mass is 335 g/mol. The summed E-state index contributed by atoms with van der Waals surface area (Å²) in [7, 11) is 0. The van der Waals surface area contributed by atoms with E-state index in [1.165, 1.54) is 6.20 Å². The lowest BCUT2D eigenvalue weighted by Gasteiger charge is -2.06. The number of thiocyanates is 1. The second kappa shape index (κ2) is 6.98. The normalized spacial score (nSPS) is 10.2. The Balaban J connectivity index is 1.79. The summed E-state index contributed by atoms with van der Waals surface area (Å²) in [4.78, 5) is 17.5. The van der Waals surface area contributed by atoms with Gasteiger partial charge < -0.3 is 5.32 Å². The molecule has 2 aromatic heterocycles. The Kier molecular flexibility index (Phi) is 4.59. The molecule has 0 spiro atoms. The van der Waals surface area contributed by atoms with Crippen LogP contribution in [0.3, 0.4) is 0 Å². The Bertz CT molecular complexity index is 897. The van der Waals surface area contributed by atoms with Gasteiger partial charge in [-0.15, -0.1) is 0 Å². The van der Waals surface area contributed by atoms with E-state index in [-0.39, 0.29) is 5.91 Å². The molecule has 0 bridgehead atoms. The molecule has 0 aliphatic heterocycles. The SMILES string of the molecule is Cc1c(C(=O)Nc2ccc(SC#N)cc2)cnn1-c1ccccn1. The van der Waals surface area contributed by atoms with Crippen LogP contribution in [0.2, 0.25) is 0 Å². The van der Waals surface area contributed by atoms with Crippen LogP contribution in [-0.2, 0) is 0 Å². The number of carbonyl (C=O) groups is 1. The summed E-state index contributed by atoms with van der Waals surface area (Å²) in [6, 6.07) is 12.6.